The number of benzene rings is 3. The van der Waals surface area contributed by atoms with Crippen LogP contribution in [0, 0.1) is 0 Å². The van der Waals surface area contributed by atoms with Crippen molar-refractivity contribution in [1.82, 2.24) is 0 Å². The predicted octanol–water partition coefficient (Wildman–Crippen LogP) is 3.88. The monoisotopic (exact) mass is 334 g/mol. The number of hydrogen-bond donors (Lipinski definition) is 1. The standard InChI is InChI=1S/C20H14O5/c1-3-17(22)24-19-13-7-5-6-8-14(13)20(25-18(23)4-2)16-11-12(21)9-10-15(16)19/h3-11,21H,1-2H2. The van der Waals surface area contributed by atoms with Crippen LogP contribution in [0.5, 0.6) is 17.2 Å². The van der Waals surface area contributed by atoms with Crippen LogP contribution in [0.3, 0.4) is 0 Å². The topological polar surface area (TPSA) is 72.8 Å². The second-order valence-electron chi connectivity index (χ2n) is 5.18. The number of esters is 2. The first kappa shape index (κ1) is 16.3. The van der Waals surface area contributed by atoms with Gasteiger partial charge in [0.2, 0.25) is 0 Å². The summed E-state index contributed by atoms with van der Waals surface area (Å²) in [5.41, 5.74) is 0. The average Bonchev–Trinajstić information content (AvgIpc) is 2.63. The Morgan fingerprint density at radius 3 is 1.80 bits per heavy atom. The van der Waals surface area contributed by atoms with Crippen molar-refractivity contribution < 1.29 is 24.2 Å². The lowest BCUT2D eigenvalue weighted by atomic mass is 10.00. The molecule has 0 bridgehead atoms. The van der Waals surface area contributed by atoms with Crippen molar-refractivity contribution in [2.24, 2.45) is 0 Å². The molecule has 0 spiro atoms. The minimum Gasteiger partial charge on any atom is -0.508 e. The summed E-state index contributed by atoms with van der Waals surface area (Å²) in [6, 6.07) is 11.5. The number of carbonyl (C=O) groups is 2. The van der Waals surface area contributed by atoms with Crippen LogP contribution in [-0.2, 0) is 9.59 Å². The third-order valence-electron chi connectivity index (χ3n) is 3.65. The third-order valence-corrected chi connectivity index (χ3v) is 3.65. The van der Waals surface area contributed by atoms with E-state index >= 15 is 0 Å². The number of rotatable bonds is 4. The minimum absolute atomic E-state index is 0.0142. The maximum absolute atomic E-state index is 11.8. The van der Waals surface area contributed by atoms with E-state index in [0.717, 1.165) is 12.2 Å². The minimum atomic E-state index is -0.634. The van der Waals surface area contributed by atoms with E-state index in [1.165, 1.54) is 12.1 Å². The molecule has 1 N–H and O–H groups in total. The van der Waals surface area contributed by atoms with E-state index in [1.54, 1.807) is 30.3 Å². The quantitative estimate of drug-likeness (QED) is 0.339. The molecule has 0 atom stereocenters. The number of fused-ring (bicyclic) bond motifs is 2. The number of hydrogen-bond acceptors (Lipinski definition) is 5. The van der Waals surface area contributed by atoms with Gasteiger partial charge in [-0.25, -0.2) is 9.59 Å². The van der Waals surface area contributed by atoms with Crippen molar-refractivity contribution in [3.63, 3.8) is 0 Å². The maximum atomic E-state index is 11.8. The summed E-state index contributed by atoms with van der Waals surface area (Å²) in [6.07, 6.45) is 2.11. The Hall–Kier alpha value is -3.60. The smallest absolute Gasteiger partial charge is 0.335 e. The Balaban J connectivity index is 2.44. The molecule has 0 aromatic heterocycles. The van der Waals surface area contributed by atoms with Gasteiger partial charge < -0.3 is 14.6 Å². The van der Waals surface area contributed by atoms with E-state index in [4.69, 9.17) is 9.47 Å². The summed E-state index contributed by atoms with van der Waals surface area (Å²) >= 11 is 0. The van der Waals surface area contributed by atoms with Gasteiger partial charge in [0.1, 0.15) is 17.2 Å². The van der Waals surface area contributed by atoms with Crippen LogP contribution >= 0.6 is 0 Å². The van der Waals surface area contributed by atoms with Gasteiger partial charge in [-0.05, 0) is 18.2 Å². The molecule has 5 heteroatoms. The molecule has 0 saturated heterocycles. The lowest BCUT2D eigenvalue weighted by molar-refractivity contribution is -0.129. The van der Waals surface area contributed by atoms with Gasteiger partial charge in [0, 0.05) is 33.7 Å². The van der Waals surface area contributed by atoms with Crippen molar-refractivity contribution in [3.05, 3.63) is 67.8 Å². The Labute approximate surface area is 143 Å². The fourth-order valence-corrected chi connectivity index (χ4v) is 2.59. The number of ether oxygens (including phenoxy) is 2. The van der Waals surface area contributed by atoms with Gasteiger partial charge in [-0.3, -0.25) is 0 Å². The zero-order valence-electron chi connectivity index (χ0n) is 13.2. The average molecular weight is 334 g/mol. The molecule has 0 heterocycles. The molecule has 0 saturated carbocycles. The second kappa shape index (κ2) is 6.49. The normalized spacial score (nSPS) is 10.4. The zero-order valence-corrected chi connectivity index (χ0v) is 13.2. The highest BCUT2D eigenvalue weighted by Gasteiger charge is 2.19. The van der Waals surface area contributed by atoms with Crippen LogP contribution in [0.4, 0.5) is 0 Å². The Bertz CT molecular complexity index is 1030. The Morgan fingerprint density at radius 1 is 0.800 bits per heavy atom. The highest BCUT2D eigenvalue weighted by atomic mass is 16.5. The fraction of sp³-hybridized carbons (Fsp3) is 0. The van der Waals surface area contributed by atoms with E-state index in [9.17, 15) is 14.7 Å². The second-order valence-corrected chi connectivity index (χ2v) is 5.18. The largest absolute Gasteiger partial charge is 0.508 e. The summed E-state index contributed by atoms with van der Waals surface area (Å²) in [7, 11) is 0. The highest BCUT2D eigenvalue weighted by molar-refractivity contribution is 6.13. The van der Waals surface area contributed by atoms with E-state index in [-0.39, 0.29) is 11.5 Å². The molecule has 0 aliphatic heterocycles. The first-order valence-corrected chi connectivity index (χ1v) is 7.41. The van der Waals surface area contributed by atoms with E-state index in [1.807, 2.05) is 0 Å². The zero-order chi connectivity index (χ0) is 18.0. The van der Waals surface area contributed by atoms with Gasteiger partial charge in [-0.15, -0.1) is 0 Å². The number of carbonyl (C=O) groups excluding carboxylic acids is 2. The highest BCUT2D eigenvalue weighted by Crippen LogP contribution is 2.43. The van der Waals surface area contributed by atoms with Crippen molar-refractivity contribution in [1.29, 1.82) is 0 Å². The first-order valence-electron chi connectivity index (χ1n) is 7.41. The van der Waals surface area contributed by atoms with Crippen molar-refractivity contribution in [3.8, 4) is 17.2 Å². The molecule has 0 aliphatic carbocycles. The molecule has 25 heavy (non-hydrogen) atoms. The van der Waals surface area contributed by atoms with Crippen LogP contribution in [0.2, 0.25) is 0 Å². The molecule has 124 valence electrons. The van der Waals surface area contributed by atoms with E-state index < -0.39 is 11.9 Å². The van der Waals surface area contributed by atoms with Gasteiger partial charge in [-0.2, -0.15) is 0 Å². The van der Waals surface area contributed by atoms with Crippen LogP contribution in [0.25, 0.3) is 21.5 Å². The Kier molecular flexibility index (Phi) is 4.22. The van der Waals surface area contributed by atoms with Crippen LogP contribution in [-0.4, -0.2) is 17.0 Å². The lowest BCUT2D eigenvalue weighted by Crippen LogP contribution is -2.07. The molecule has 3 aromatic carbocycles. The summed E-state index contributed by atoms with van der Waals surface area (Å²) < 4.78 is 10.8. The van der Waals surface area contributed by atoms with Crippen molar-refractivity contribution >= 4 is 33.5 Å². The molecule has 0 fully saturated rings. The molecule has 0 unspecified atom stereocenters. The first-order chi connectivity index (χ1) is 12.0. The summed E-state index contributed by atoms with van der Waals surface area (Å²) in [4.78, 5) is 23.5. The number of aromatic hydroxyl groups is 1. The van der Waals surface area contributed by atoms with Crippen LogP contribution in [0.1, 0.15) is 0 Å². The summed E-state index contributed by atoms with van der Waals surface area (Å²) in [5.74, 6) is -0.709. The van der Waals surface area contributed by atoms with Gasteiger partial charge in [0.25, 0.3) is 0 Å². The SMILES string of the molecule is C=CC(=O)Oc1c2ccccc2c(OC(=O)C=C)c2cc(O)ccc12. The van der Waals surface area contributed by atoms with Crippen molar-refractivity contribution in [2.45, 2.75) is 0 Å². The molecular weight excluding hydrogens is 320 g/mol. The lowest BCUT2D eigenvalue weighted by Gasteiger charge is -2.15. The van der Waals surface area contributed by atoms with Crippen LogP contribution in [0.15, 0.2) is 67.8 Å². The molecule has 3 aromatic rings. The van der Waals surface area contributed by atoms with Crippen molar-refractivity contribution in [2.75, 3.05) is 0 Å². The molecule has 0 amide bonds. The molecular formula is C20H14O5. The third kappa shape index (κ3) is 2.95. The summed E-state index contributed by atoms with van der Waals surface area (Å²) in [6.45, 7) is 6.80. The molecule has 0 radical (unpaired) electrons. The molecule has 3 rings (SSSR count). The van der Waals surface area contributed by atoms with Gasteiger partial charge in [0.05, 0.1) is 0 Å². The van der Waals surface area contributed by atoms with E-state index in [2.05, 4.69) is 13.2 Å². The molecule has 5 nitrogen and oxygen atoms in total. The predicted molar refractivity (Wildman–Crippen MR) is 94.8 cm³/mol. The number of phenolic OH excluding ortho intramolecular Hbond substituents is 1. The van der Waals surface area contributed by atoms with Gasteiger partial charge >= 0.3 is 11.9 Å². The fourth-order valence-electron chi connectivity index (χ4n) is 2.59. The van der Waals surface area contributed by atoms with E-state index in [0.29, 0.717) is 27.3 Å². The Morgan fingerprint density at radius 2 is 1.28 bits per heavy atom. The molecule has 0 aliphatic rings. The maximum Gasteiger partial charge on any atom is 0.335 e. The number of phenols is 1. The van der Waals surface area contributed by atoms with Crippen LogP contribution < -0.4 is 9.47 Å². The summed E-state index contributed by atoms with van der Waals surface area (Å²) in [5, 5.41) is 11.9. The van der Waals surface area contributed by atoms with Gasteiger partial charge in [0.15, 0.2) is 0 Å². The van der Waals surface area contributed by atoms with Gasteiger partial charge in [-0.1, -0.05) is 37.4 Å².